The Balaban J connectivity index is 2.74. The highest BCUT2D eigenvalue weighted by Gasteiger charge is 2.28. The van der Waals surface area contributed by atoms with Crippen LogP contribution < -0.4 is 0 Å². The van der Waals surface area contributed by atoms with Gasteiger partial charge in [-0.3, -0.25) is 4.79 Å². The van der Waals surface area contributed by atoms with Gasteiger partial charge in [-0.05, 0) is 28.7 Å². The van der Waals surface area contributed by atoms with Gasteiger partial charge in [-0.15, -0.1) is 0 Å². The zero-order valence-corrected chi connectivity index (χ0v) is 14.0. The van der Waals surface area contributed by atoms with E-state index in [2.05, 4.69) is 65.8 Å². The van der Waals surface area contributed by atoms with Crippen LogP contribution in [0.5, 0.6) is 0 Å². The van der Waals surface area contributed by atoms with Crippen LogP contribution in [0, 0.1) is 16.7 Å². The minimum absolute atomic E-state index is 0.0895. The van der Waals surface area contributed by atoms with E-state index in [4.69, 9.17) is 0 Å². The van der Waals surface area contributed by atoms with Gasteiger partial charge >= 0.3 is 0 Å². The van der Waals surface area contributed by atoms with Gasteiger partial charge in [0.15, 0.2) is 0 Å². The minimum atomic E-state index is 0.0895. The zero-order valence-electron chi connectivity index (χ0n) is 14.0. The van der Waals surface area contributed by atoms with Gasteiger partial charge in [0.1, 0.15) is 5.78 Å². The van der Waals surface area contributed by atoms with Crippen molar-refractivity contribution >= 4 is 5.78 Å². The number of carbonyl (C=O) groups excluding carboxylic acids is 1. The number of Topliss-reactive ketones (excluding diaryl/α,β-unsaturated/α-hetero) is 1. The standard InChI is InChI=1S/C19H30O/c1-18(2,3)14-17(20)13-16(19(4,5)6)12-15-10-8-7-9-11-15/h7-11,16H,12-14H2,1-6H3. The van der Waals surface area contributed by atoms with Crippen molar-refractivity contribution in [2.24, 2.45) is 16.7 Å². The molecule has 0 aliphatic heterocycles. The molecule has 0 saturated heterocycles. The fourth-order valence-corrected chi connectivity index (χ4v) is 2.52. The summed E-state index contributed by atoms with van der Waals surface area (Å²) in [6, 6.07) is 10.5. The average Bonchev–Trinajstić information content (AvgIpc) is 2.25. The molecule has 1 rings (SSSR count). The van der Waals surface area contributed by atoms with E-state index >= 15 is 0 Å². The van der Waals surface area contributed by atoms with Crippen LogP contribution in [0.15, 0.2) is 30.3 Å². The summed E-state index contributed by atoms with van der Waals surface area (Å²) in [6.45, 7) is 13.1. The number of rotatable bonds is 5. The van der Waals surface area contributed by atoms with Crippen molar-refractivity contribution in [3.63, 3.8) is 0 Å². The second-order valence-corrected chi connectivity index (χ2v) is 8.23. The Hall–Kier alpha value is -1.11. The predicted octanol–water partition coefficient (Wildman–Crippen LogP) is 5.29. The molecule has 1 aromatic carbocycles. The molecular formula is C19H30O. The van der Waals surface area contributed by atoms with Crippen molar-refractivity contribution in [1.29, 1.82) is 0 Å². The van der Waals surface area contributed by atoms with Crippen LogP contribution in [0.2, 0.25) is 0 Å². The molecule has 0 radical (unpaired) electrons. The summed E-state index contributed by atoms with van der Waals surface area (Å²) in [5.41, 5.74) is 1.58. The number of ketones is 1. The smallest absolute Gasteiger partial charge is 0.133 e. The molecule has 1 unspecified atom stereocenters. The van der Waals surface area contributed by atoms with Crippen LogP contribution >= 0.6 is 0 Å². The molecule has 1 heteroatoms. The first-order valence-electron chi connectivity index (χ1n) is 7.63. The molecule has 0 fully saturated rings. The van der Waals surface area contributed by atoms with Crippen LogP contribution in [-0.2, 0) is 11.2 Å². The summed E-state index contributed by atoms with van der Waals surface area (Å²) in [7, 11) is 0. The molecule has 0 aliphatic carbocycles. The van der Waals surface area contributed by atoms with Crippen molar-refractivity contribution in [1.82, 2.24) is 0 Å². The summed E-state index contributed by atoms with van der Waals surface area (Å²) < 4.78 is 0. The highest BCUT2D eigenvalue weighted by molar-refractivity contribution is 5.79. The molecule has 0 aromatic heterocycles. The third kappa shape index (κ3) is 6.36. The van der Waals surface area contributed by atoms with Gasteiger partial charge in [0.2, 0.25) is 0 Å². The Labute approximate surface area is 124 Å². The first-order chi connectivity index (χ1) is 9.08. The Morgan fingerprint density at radius 2 is 1.55 bits per heavy atom. The Bertz CT molecular complexity index is 417. The van der Waals surface area contributed by atoms with Gasteiger partial charge in [0.05, 0.1) is 0 Å². The Kier molecular flexibility index (Phi) is 5.56. The molecule has 1 aromatic rings. The zero-order chi connectivity index (χ0) is 15.4. The highest BCUT2D eigenvalue weighted by atomic mass is 16.1. The monoisotopic (exact) mass is 274 g/mol. The van der Waals surface area contributed by atoms with E-state index in [-0.39, 0.29) is 10.8 Å². The van der Waals surface area contributed by atoms with Crippen molar-refractivity contribution in [2.75, 3.05) is 0 Å². The minimum Gasteiger partial charge on any atom is -0.300 e. The third-order valence-corrected chi connectivity index (χ3v) is 3.75. The normalized spacial score (nSPS) is 14.1. The molecule has 0 heterocycles. The molecule has 112 valence electrons. The van der Waals surface area contributed by atoms with E-state index in [0.717, 1.165) is 6.42 Å². The van der Waals surface area contributed by atoms with E-state index in [9.17, 15) is 4.79 Å². The Morgan fingerprint density at radius 3 is 2.00 bits per heavy atom. The van der Waals surface area contributed by atoms with Gasteiger partial charge in [-0.25, -0.2) is 0 Å². The molecule has 0 bridgehead atoms. The van der Waals surface area contributed by atoms with Crippen LogP contribution in [0.25, 0.3) is 0 Å². The van der Waals surface area contributed by atoms with E-state index in [1.54, 1.807) is 0 Å². The van der Waals surface area contributed by atoms with Gasteiger partial charge in [0, 0.05) is 12.8 Å². The van der Waals surface area contributed by atoms with Crippen molar-refractivity contribution < 1.29 is 4.79 Å². The average molecular weight is 274 g/mol. The number of hydrogen-bond acceptors (Lipinski definition) is 1. The van der Waals surface area contributed by atoms with E-state index < -0.39 is 0 Å². The summed E-state index contributed by atoms with van der Waals surface area (Å²) in [5, 5.41) is 0. The lowest BCUT2D eigenvalue weighted by Gasteiger charge is -2.31. The summed E-state index contributed by atoms with van der Waals surface area (Å²) in [5.74, 6) is 0.799. The number of benzene rings is 1. The first kappa shape index (κ1) is 16.9. The van der Waals surface area contributed by atoms with Crippen LogP contribution in [0.3, 0.4) is 0 Å². The third-order valence-electron chi connectivity index (χ3n) is 3.75. The molecule has 0 spiro atoms. The molecule has 0 N–H and O–H groups in total. The summed E-state index contributed by atoms with van der Waals surface area (Å²) in [6.07, 6.45) is 2.35. The van der Waals surface area contributed by atoms with Crippen molar-refractivity contribution in [2.45, 2.75) is 60.8 Å². The largest absolute Gasteiger partial charge is 0.300 e. The lowest BCUT2D eigenvalue weighted by molar-refractivity contribution is -0.122. The van der Waals surface area contributed by atoms with Gasteiger partial charge in [-0.1, -0.05) is 71.9 Å². The molecule has 0 amide bonds. The maximum atomic E-state index is 12.3. The second kappa shape index (κ2) is 6.56. The van der Waals surface area contributed by atoms with Gasteiger partial charge in [-0.2, -0.15) is 0 Å². The second-order valence-electron chi connectivity index (χ2n) is 8.23. The molecular weight excluding hydrogens is 244 g/mol. The quantitative estimate of drug-likeness (QED) is 0.713. The SMILES string of the molecule is CC(C)(C)CC(=O)CC(Cc1ccccc1)C(C)(C)C. The van der Waals surface area contributed by atoms with Crippen LogP contribution in [-0.4, -0.2) is 5.78 Å². The summed E-state index contributed by atoms with van der Waals surface area (Å²) >= 11 is 0. The molecule has 20 heavy (non-hydrogen) atoms. The molecule has 0 aliphatic rings. The van der Waals surface area contributed by atoms with E-state index in [0.29, 0.717) is 24.5 Å². The number of carbonyl (C=O) groups is 1. The highest BCUT2D eigenvalue weighted by Crippen LogP contribution is 2.33. The lowest BCUT2D eigenvalue weighted by Crippen LogP contribution is -2.27. The van der Waals surface area contributed by atoms with Crippen molar-refractivity contribution in [3.8, 4) is 0 Å². The number of hydrogen-bond donors (Lipinski definition) is 0. The maximum absolute atomic E-state index is 12.3. The molecule has 1 nitrogen and oxygen atoms in total. The molecule has 1 atom stereocenters. The van der Waals surface area contributed by atoms with Crippen molar-refractivity contribution in [3.05, 3.63) is 35.9 Å². The predicted molar refractivity (Wildman–Crippen MR) is 86.8 cm³/mol. The first-order valence-corrected chi connectivity index (χ1v) is 7.63. The fraction of sp³-hybridized carbons (Fsp3) is 0.632. The van der Waals surface area contributed by atoms with Crippen LogP contribution in [0.4, 0.5) is 0 Å². The maximum Gasteiger partial charge on any atom is 0.133 e. The van der Waals surface area contributed by atoms with Gasteiger partial charge in [0.25, 0.3) is 0 Å². The molecule has 0 saturated carbocycles. The topological polar surface area (TPSA) is 17.1 Å². The van der Waals surface area contributed by atoms with E-state index in [1.165, 1.54) is 5.56 Å². The lowest BCUT2D eigenvalue weighted by atomic mass is 9.73. The Morgan fingerprint density at radius 1 is 1.00 bits per heavy atom. The van der Waals surface area contributed by atoms with Gasteiger partial charge < -0.3 is 0 Å². The summed E-state index contributed by atoms with van der Waals surface area (Å²) in [4.78, 5) is 12.3. The van der Waals surface area contributed by atoms with E-state index in [1.807, 2.05) is 6.07 Å². The van der Waals surface area contributed by atoms with Crippen LogP contribution in [0.1, 0.15) is 59.9 Å². The fourth-order valence-electron chi connectivity index (χ4n) is 2.52.